The second-order valence-electron chi connectivity index (χ2n) is 13.3. The maximum Gasteiger partial charge on any atom is 0.160 e. The molecule has 0 unspecified atom stereocenters. The predicted octanol–water partition coefficient (Wildman–Crippen LogP) is 7.15. The van der Waals surface area contributed by atoms with E-state index in [1.807, 2.05) is 13.0 Å². The van der Waals surface area contributed by atoms with Crippen LogP contribution in [0.2, 0.25) is 0 Å². The number of phenolic OH excluding ortho intramolecular Hbond substituents is 2. The van der Waals surface area contributed by atoms with Gasteiger partial charge in [-0.1, -0.05) is 46.3 Å². The maximum atomic E-state index is 12.7. The van der Waals surface area contributed by atoms with Gasteiger partial charge in [0.25, 0.3) is 0 Å². The molecule has 33 heavy (non-hydrogen) atoms. The molecule has 5 rings (SSSR count). The fourth-order valence-electron chi connectivity index (χ4n) is 9.02. The molecule has 3 nitrogen and oxygen atoms in total. The number of allylic oxidation sites excluding steroid dienone is 2. The molecule has 4 aliphatic rings. The number of carbonyl (C=O) groups excluding carboxylic acids is 1. The summed E-state index contributed by atoms with van der Waals surface area (Å²) in [6, 6.07) is 1.84. The Morgan fingerprint density at radius 2 is 1.64 bits per heavy atom. The zero-order valence-electron chi connectivity index (χ0n) is 21.7. The first-order valence-electron chi connectivity index (χ1n) is 13.0. The van der Waals surface area contributed by atoms with Crippen LogP contribution in [0.4, 0.5) is 0 Å². The lowest BCUT2D eigenvalue weighted by molar-refractivity contribution is -0.165. The molecule has 0 radical (unpaired) electrons. The third-order valence-corrected chi connectivity index (χ3v) is 11.9. The van der Waals surface area contributed by atoms with Gasteiger partial charge in [-0.2, -0.15) is 0 Å². The van der Waals surface area contributed by atoms with Gasteiger partial charge in [-0.3, -0.25) is 4.79 Å². The molecule has 3 saturated carbocycles. The van der Waals surface area contributed by atoms with Crippen LogP contribution in [0.1, 0.15) is 103 Å². The van der Waals surface area contributed by atoms with Crippen molar-refractivity contribution in [1.82, 2.24) is 0 Å². The van der Waals surface area contributed by atoms with E-state index in [9.17, 15) is 15.0 Å². The second-order valence-corrected chi connectivity index (χ2v) is 13.3. The van der Waals surface area contributed by atoms with E-state index in [2.05, 4.69) is 40.7 Å². The Labute approximate surface area is 199 Å². The summed E-state index contributed by atoms with van der Waals surface area (Å²) in [4.78, 5) is 12.7. The Kier molecular flexibility index (Phi) is 4.65. The van der Waals surface area contributed by atoms with Crippen LogP contribution in [0, 0.1) is 34.5 Å². The summed E-state index contributed by atoms with van der Waals surface area (Å²) in [5, 5.41) is 20.9. The van der Waals surface area contributed by atoms with E-state index >= 15 is 0 Å². The van der Waals surface area contributed by atoms with Crippen molar-refractivity contribution >= 4 is 5.78 Å². The molecular weight excluding hydrogens is 408 g/mol. The summed E-state index contributed by atoms with van der Waals surface area (Å²) in [5.74, 6) is 0.930. The van der Waals surface area contributed by atoms with E-state index in [1.165, 1.54) is 29.5 Å². The molecule has 0 heterocycles. The molecule has 0 bridgehead atoms. The van der Waals surface area contributed by atoms with Crippen LogP contribution in [-0.2, 0) is 16.6 Å². The molecule has 3 heteroatoms. The topological polar surface area (TPSA) is 57.5 Å². The molecule has 1 aromatic carbocycles. The van der Waals surface area contributed by atoms with Gasteiger partial charge < -0.3 is 10.2 Å². The number of benzene rings is 1. The first kappa shape index (κ1) is 23.0. The van der Waals surface area contributed by atoms with E-state index in [-0.39, 0.29) is 33.2 Å². The highest BCUT2D eigenvalue weighted by molar-refractivity contribution is 5.82. The van der Waals surface area contributed by atoms with Gasteiger partial charge in [-0.25, -0.2) is 0 Å². The largest absolute Gasteiger partial charge is 0.504 e. The zero-order chi connectivity index (χ0) is 24.2. The average Bonchev–Trinajstić information content (AvgIpc) is 2.75. The van der Waals surface area contributed by atoms with E-state index in [0.717, 1.165) is 44.1 Å². The molecule has 0 aromatic heterocycles. The molecular formula is C30H42O3. The van der Waals surface area contributed by atoms with Crippen molar-refractivity contribution in [3.8, 4) is 11.5 Å². The minimum Gasteiger partial charge on any atom is -0.504 e. The van der Waals surface area contributed by atoms with Crippen molar-refractivity contribution in [3.05, 3.63) is 34.4 Å². The summed E-state index contributed by atoms with van der Waals surface area (Å²) in [6.07, 6.45) is 11.1. The normalized spacial score (nSPS) is 44.1. The van der Waals surface area contributed by atoms with Gasteiger partial charge in [0.2, 0.25) is 0 Å². The monoisotopic (exact) mass is 450 g/mol. The molecule has 0 saturated heterocycles. The molecule has 6 atom stereocenters. The van der Waals surface area contributed by atoms with Crippen molar-refractivity contribution in [2.75, 3.05) is 0 Å². The number of fused-ring (bicyclic) bond motifs is 7. The van der Waals surface area contributed by atoms with Crippen molar-refractivity contribution in [2.24, 2.45) is 27.6 Å². The van der Waals surface area contributed by atoms with Crippen LogP contribution in [0.25, 0.3) is 0 Å². The summed E-state index contributed by atoms with van der Waals surface area (Å²) in [6.45, 7) is 15.9. The Hall–Kier alpha value is -1.77. The highest BCUT2D eigenvalue weighted by Crippen LogP contribution is 2.74. The van der Waals surface area contributed by atoms with Gasteiger partial charge in [0, 0.05) is 10.8 Å². The van der Waals surface area contributed by atoms with E-state index in [4.69, 9.17) is 0 Å². The lowest BCUT2D eigenvalue weighted by atomic mass is 9.34. The van der Waals surface area contributed by atoms with Crippen LogP contribution in [0.5, 0.6) is 11.5 Å². The first-order valence-corrected chi connectivity index (χ1v) is 13.0. The number of carbonyl (C=O) groups is 1. The van der Waals surface area contributed by atoms with E-state index < -0.39 is 0 Å². The van der Waals surface area contributed by atoms with E-state index in [0.29, 0.717) is 17.1 Å². The number of phenols is 2. The van der Waals surface area contributed by atoms with Crippen molar-refractivity contribution in [2.45, 2.75) is 105 Å². The average molecular weight is 451 g/mol. The molecule has 3 fully saturated rings. The summed E-state index contributed by atoms with van der Waals surface area (Å²) in [5.41, 5.74) is 4.97. The van der Waals surface area contributed by atoms with Crippen LogP contribution < -0.4 is 0 Å². The fourth-order valence-corrected chi connectivity index (χ4v) is 9.02. The van der Waals surface area contributed by atoms with Crippen molar-refractivity contribution in [3.63, 3.8) is 0 Å². The number of Topliss-reactive ketones (excluding diaryl/α,β-unsaturated/α-hetero) is 1. The van der Waals surface area contributed by atoms with Gasteiger partial charge in [0.15, 0.2) is 11.5 Å². The lowest BCUT2D eigenvalue weighted by Gasteiger charge is -2.70. The van der Waals surface area contributed by atoms with Gasteiger partial charge in [-0.05, 0) is 110 Å². The van der Waals surface area contributed by atoms with Gasteiger partial charge in [0.1, 0.15) is 5.78 Å². The standard InChI is InChI=1S/C30H42O3/c1-18-20-8-9-23-28(5,21(20)16-22(32)25(18)33)13-15-30(7)24-17-27(4,19(2)31)11-10-26(24,3)12-14-29(23,30)6/h9,16,24,32-33H,8,10-15,17H2,1-7H3/t24-,26-,27-,28+,29-,30+/m1/s1. The van der Waals surface area contributed by atoms with Crippen molar-refractivity contribution < 1.29 is 15.0 Å². The number of ketones is 1. The van der Waals surface area contributed by atoms with Crippen molar-refractivity contribution in [1.29, 1.82) is 0 Å². The Bertz CT molecular complexity index is 1080. The third kappa shape index (κ3) is 2.71. The first-order chi connectivity index (χ1) is 15.2. The van der Waals surface area contributed by atoms with Crippen LogP contribution in [0.15, 0.2) is 17.7 Å². The number of hydrogen-bond donors (Lipinski definition) is 2. The molecule has 0 amide bonds. The number of rotatable bonds is 1. The van der Waals surface area contributed by atoms with Gasteiger partial charge in [-0.15, -0.1) is 0 Å². The quantitative estimate of drug-likeness (QED) is 0.353. The summed E-state index contributed by atoms with van der Waals surface area (Å²) < 4.78 is 0. The van der Waals surface area contributed by atoms with Gasteiger partial charge >= 0.3 is 0 Å². The summed E-state index contributed by atoms with van der Waals surface area (Å²) >= 11 is 0. The number of hydrogen-bond acceptors (Lipinski definition) is 3. The Morgan fingerprint density at radius 1 is 0.970 bits per heavy atom. The summed E-state index contributed by atoms with van der Waals surface area (Å²) in [7, 11) is 0. The highest BCUT2D eigenvalue weighted by atomic mass is 16.3. The lowest BCUT2D eigenvalue weighted by Crippen LogP contribution is -2.62. The molecule has 0 spiro atoms. The molecule has 4 aliphatic carbocycles. The van der Waals surface area contributed by atoms with Crippen LogP contribution >= 0.6 is 0 Å². The minimum absolute atomic E-state index is 0.00735. The number of aromatic hydroxyl groups is 2. The zero-order valence-corrected chi connectivity index (χ0v) is 21.7. The van der Waals surface area contributed by atoms with Gasteiger partial charge in [0.05, 0.1) is 0 Å². The Morgan fingerprint density at radius 3 is 2.30 bits per heavy atom. The molecule has 180 valence electrons. The molecule has 1 aromatic rings. The Balaban J connectivity index is 1.63. The van der Waals surface area contributed by atoms with Crippen LogP contribution in [0.3, 0.4) is 0 Å². The third-order valence-electron chi connectivity index (χ3n) is 11.9. The SMILES string of the molecule is CC(=O)[C@]1(C)CC[C@]2(C)CC[C@]3(C)C4=CCc5c(cc(O)c(O)c5C)[C@]4(C)CC[C@@]3(C)[C@@H]2C1. The van der Waals surface area contributed by atoms with E-state index in [1.54, 1.807) is 6.92 Å². The molecule has 0 aliphatic heterocycles. The predicted molar refractivity (Wildman–Crippen MR) is 133 cm³/mol. The van der Waals surface area contributed by atoms with Crippen LogP contribution in [-0.4, -0.2) is 16.0 Å². The highest BCUT2D eigenvalue weighted by Gasteiger charge is 2.66. The minimum atomic E-state index is -0.194. The smallest absolute Gasteiger partial charge is 0.160 e. The maximum absolute atomic E-state index is 12.7. The molecule has 2 N–H and O–H groups in total. The second kappa shape index (κ2) is 6.67. The fraction of sp³-hybridized carbons (Fsp3) is 0.700.